The van der Waals surface area contributed by atoms with Crippen LogP contribution in [0.15, 0.2) is 71.0 Å². The Labute approximate surface area is 221 Å². The number of thioether (sulfide) groups is 1. The lowest BCUT2D eigenvalue weighted by atomic mass is 9.92. The zero-order valence-corrected chi connectivity index (χ0v) is 22.8. The van der Waals surface area contributed by atoms with E-state index in [-0.39, 0.29) is 10.7 Å². The fourth-order valence-corrected chi connectivity index (χ4v) is 6.94. The number of allylic oxidation sites excluding steroid dienone is 2. The molecule has 2 N–H and O–H groups in total. The molecule has 2 atom stereocenters. The van der Waals surface area contributed by atoms with Gasteiger partial charge < -0.3 is 10.0 Å². The van der Waals surface area contributed by atoms with Gasteiger partial charge >= 0.3 is 5.97 Å². The van der Waals surface area contributed by atoms with Crippen molar-refractivity contribution in [2.75, 3.05) is 32.1 Å². The molecule has 35 heavy (non-hydrogen) atoms. The van der Waals surface area contributed by atoms with Gasteiger partial charge in [0, 0.05) is 28.5 Å². The molecule has 1 aliphatic carbocycles. The number of carbonyl (C=O) groups is 1. The Morgan fingerprint density at radius 3 is 2.46 bits per heavy atom. The summed E-state index contributed by atoms with van der Waals surface area (Å²) in [5.41, 5.74) is -0.883. The van der Waals surface area contributed by atoms with Crippen LogP contribution in [0.5, 0.6) is 0 Å². The molecule has 0 saturated heterocycles. The lowest BCUT2D eigenvalue weighted by Gasteiger charge is -2.24. The zero-order valence-electron chi connectivity index (χ0n) is 19.5. The summed E-state index contributed by atoms with van der Waals surface area (Å²) in [6.45, 7) is 0.838. The van der Waals surface area contributed by atoms with E-state index in [0.29, 0.717) is 10.8 Å². The normalized spacial score (nSPS) is 22.6. The maximum absolute atomic E-state index is 13.1. The van der Waals surface area contributed by atoms with Crippen molar-refractivity contribution < 1.29 is 18.3 Å². The molecule has 1 saturated carbocycles. The molecule has 1 fully saturated rings. The van der Waals surface area contributed by atoms with Gasteiger partial charge in [0.25, 0.3) is 0 Å². The Hall–Kier alpha value is -1.75. The third kappa shape index (κ3) is 6.53. The third-order valence-electron chi connectivity index (χ3n) is 5.96. The lowest BCUT2D eigenvalue weighted by Crippen LogP contribution is -2.49. The van der Waals surface area contributed by atoms with Gasteiger partial charge in [-0.1, -0.05) is 66.2 Å². The van der Waals surface area contributed by atoms with Crippen LogP contribution in [0.25, 0.3) is 6.08 Å². The smallest absolute Gasteiger partial charge is 0.325 e. The quantitative estimate of drug-likeness (QED) is 0.204. The van der Waals surface area contributed by atoms with Crippen LogP contribution in [0.1, 0.15) is 17.5 Å². The molecular formula is C25H29ClN2O4S3. The first-order valence-corrected chi connectivity index (χ1v) is 14.4. The molecule has 188 valence electrons. The predicted molar refractivity (Wildman–Crippen MR) is 149 cm³/mol. The van der Waals surface area contributed by atoms with Crippen molar-refractivity contribution in [2.45, 2.75) is 17.4 Å². The van der Waals surface area contributed by atoms with Gasteiger partial charge in [0.05, 0.1) is 0 Å². The predicted octanol–water partition coefficient (Wildman–Crippen LogP) is 4.50. The Balaban J connectivity index is 1.84. The summed E-state index contributed by atoms with van der Waals surface area (Å²) in [6, 6.07) is 16.3. The molecular weight excluding hydrogens is 524 g/mol. The molecule has 2 unspecified atom stereocenters. The maximum Gasteiger partial charge on any atom is 0.325 e. The molecule has 0 bridgehead atoms. The average Bonchev–Trinajstić information content (AvgIpc) is 3.47. The molecule has 0 radical (unpaired) electrons. The minimum absolute atomic E-state index is 0.162. The number of halogens is 1. The van der Waals surface area contributed by atoms with E-state index >= 15 is 0 Å². The van der Waals surface area contributed by atoms with Crippen molar-refractivity contribution >= 4 is 58.1 Å². The van der Waals surface area contributed by atoms with Crippen LogP contribution in [0.3, 0.4) is 0 Å². The summed E-state index contributed by atoms with van der Waals surface area (Å²) >= 11 is 11.7. The first kappa shape index (κ1) is 27.8. The van der Waals surface area contributed by atoms with Gasteiger partial charge in [-0.15, -0.1) is 12.6 Å². The number of benzene rings is 2. The summed E-state index contributed by atoms with van der Waals surface area (Å²) in [7, 11) is -0.231. The second-order valence-corrected chi connectivity index (χ2v) is 12.7. The molecule has 2 aromatic carbocycles. The molecule has 2 aromatic rings. The van der Waals surface area contributed by atoms with E-state index in [1.165, 1.54) is 6.08 Å². The van der Waals surface area contributed by atoms with E-state index < -0.39 is 26.9 Å². The van der Waals surface area contributed by atoms with Gasteiger partial charge in [-0.05, 0) is 49.9 Å². The van der Waals surface area contributed by atoms with Gasteiger partial charge in [0.15, 0.2) is 0 Å². The van der Waals surface area contributed by atoms with E-state index in [9.17, 15) is 18.3 Å². The lowest BCUT2D eigenvalue weighted by molar-refractivity contribution is -0.140. The van der Waals surface area contributed by atoms with Crippen molar-refractivity contribution in [3.05, 3.63) is 87.1 Å². The van der Waals surface area contributed by atoms with E-state index in [2.05, 4.69) is 22.3 Å². The molecule has 0 heterocycles. The van der Waals surface area contributed by atoms with Crippen LogP contribution in [0.4, 0.5) is 0 Å². The van der Waals surface area contributed by atoms with E-state index in [1.54, 1.807) is 48.2 Å². The van der Waals surface area contributed by atoms with Gasteiger partial charge in [0.1, 0.15) is 9.78 Å². The van der Waals surface area contributed by atoms with Crippen LogP contribution in [-0.2, 0) is 20.2 Å². The number of carboxylic acid groups (broad SMARTS) is 1. The average molecular weight is 553 g/mol. The van der Waals surface area contributed by atoms with Crippen LogP contribution in [-0.4, -0.2) is 62.1 Å². The zero-order chi connectivity index (χ0) is 25.7. The highest BCUT2D eigenvalue weighted by molar-refractivity contribution is 8.09. The number of aliphatic carboxylic acids is 1. The first-order chi connectivity index (χ1) is 16.5. The van der Waals surface area contributed by atoms with Crippen molar-refractivity contribution in [3.63, 3.8) is 0 Å². The third-order valence-corrected chi connectivity index (χ3v) is 9.56. The highest BCUT2D eigenvalue weighted by atomic mass is 35.5. The van der Waals surface area contributed by atoms with Gasteiger partial charge in [0.2, 0.25) is 10.0 Å². The van der Waals surface area contributed by atoms with Crippen molar-refractivity contribution in [3.8, 4) is 0 Å². The summed E-state index contributed by atoms with van der Waals surface area (Å²) in [5, 5.41) is 10.8. The fraction of sp³-hybridized carbons (Fsp3) is 0.320. The van der Waals surface area contributed by atoms with Crippen molar-refractivity contribution in [1.82, 2.24) is 9.62 Å². The van der Waals surface area contributed by atoms with Crippen molar-refractivity contribution in [2.24, 2.45) is 0 Å². The number of thiol groups is 1. The van der Waals surface area contributed by atoms with Gasteiger partial charge in [-0.25, -0.2) is 8.42 Å². The summed E-state index contributed by atoms with van der Waals surface area (Å²) < 4.78 is 28.5. The van der Waals surface area contributed by atoms with Crippen molar-refractivity contribution in [1.29, 1.82) is 0 Å². The summed E-state index contributed by atoms with van der Waals surface area (Å²) in [5.74, 6) is 0.0786. The van der Waals surface area contributed by atoms with Crippen LogP contribution < -0.4 is 4.72 Å². The molecule has 3 rings (SSSR count). The Morgan fingerprint density at radius 1 is 1.20 bits per heavy atom. The molecule has 0 spiro atoms. The van der Waals surface area contributed by atoms with Gasteiger partial charge in [-0.2, -0.15) is 16.5 Å². The monoisotopic (exact) mass is 552 g/mol. The molecule has 6 nitrogen and oxygen atoms in total. The molecule has 1 aliphatic rings. The number of nitrogens with zero attached hydrogens (tertiary/aromatic N) is 1. The first-order valence-electron chi connectivity index (χ1n) is 10.9. The minimum atomic E-state index is -4.18. The standard InChI is InChI=1S/C25H29ClN2O4S3/c1-28(2)15-16-34-18-24(20-8-4-3-5-9-20)17-25(24,23(29)30)27-35(31,32)22(33)10-6-7-19-11-13-21(26)14-12-19/h3-14,27,33H,15-18H2,1-2H3,(H,29,30)/b7-6+,22-10+. The second-order valence-electron chi connectivity index (χ2n) is 8.71. The number of nitrogens with one attached hydrogen (secondary N) is 1. The van der Waals surface area contributed by atoms with E-state index in [0.717, 1.165) is 23.4 Å². The van der Waals surface area contributed by atoms with Crippen LogP contribution >= 0.6 is 36.0 Å². The second kappa shape index (κ2) is 11.5. The SMILES string of the molecule is CN(C)CCSCC1(c2ccccc2)CC1(NS(=O)(=O)/C(S)=C/C=C/c1ccc(Cl)cc1)C(=O)O. The summed E-state index contributed by atoms with van der Waals surface area (Å²) in [4.78, 5) is 14.6. The molecule has 10 heteroatoms. The fourth-order valence-electron chi connectivity index (χ4n) is 3.91. The highest BCUT2D eigenvalue weighted by Crippen LogP contribution is 2.60. The van der Waals surface area contributed by atoms with Crippen LogP contribution in [0.2, 0.25) is 5.02 Å². The van der Waals surface area contributed by atoms with E-state index in [4.69, 9.17) is 11.6 Å². The number of rotatable bonds is 12. The Morgan fingerprint density at radius 2 is 1.86 bits per heavy atom. The molecule has 0 aromatic heterocycles. The van der Waals surface area contributed by atoms with Crippen LogP contribution in [0, 0.1) is 0 Å². The number of hydrogen-bond acceptors (Lipinski definition) is 6. The minimum Gasteiger partial charge on any atom is -0.480 e. The highest BCUT2D eigenvalue weighted by Gasteiger charge is 2.74. The largest absolute Gasteiger partial charge is 0.480 e. The summed E-state index contributed by atoms with van der Waals surface area (Å²) in [6.07, 6.45) is 4.75. The molecule has 0 amide bonds. The number of hydrogen-bond donors (Lipinski definition) is 3. The number of carboxylic acids is 1. The topological polar surface area (TPSA) is 86.7 Å². The maximum atomic E-state index is 13.1. The Kier molecular flexibility index (Phi) is 9.17. The molecule has 0 aliphatic heterocycles. The number of sulfonamides is 1. The van der Waals surface area contributed by atoms with E-state index in [1.807, 2.05) is 44.4 Å². The Bertz CT molecular complexity index is 1200. The van der Waals surface area contributed by atoms with Gasteiger partial charge in [-0.3, -0.25) is 4.79 Å².